The first-order chi connectivity index (χ1) is 10.8. The number of esters is 1. The summed E-state index contributed by atoms with van der Waals surface area (Å²) in [5, 5.41) is 10.8. The van der Waals surface area contributed by atoms with Crippen molar-refractivity contribution in [2.45, 2.75) is 39.3 Å². The van der Waals surface area contributed by atoms with Crippen LogP contribution >= 0.6 is 11.3 Å². The highest BCUT2D eigenvalue weighted by atomic mass is 32.1. The molecule has 1 radical (unpaired) electrons. The molecule has 7 nitrogen and oxygen atoms in total. The van der Waals surface area contributed by atoms with Crippen molar-refractivity contribution in [3.05, 3.63) is 16.1 Å². The molecular weight excluding hydrogens is 319 g/mol. The second-order valence-electron chi connectivity index (χ2n) is 5.47. The van der Waals surface area contributed by atoms with Crippen LogP contribution in [0.15, 0.2) is 5.38 Å². The molecular formula is C14H20BN2O5S. The molecule has 125 valence electrons. The summed E-state index contributed by atoms with van der Waals surface area (Å²) >= 11 is 1.14. The van der Waals surface area contributed by atoms with Crippen molar-refractivity contribution in [3.8, 4) is 0 Å². The van der Waals surface area contributed by atoms with Gasteiger partial charge in [-0.25, -0.2) is 9.78 Å². The molecule has 0 aromatic carbocycles. The van der Waals surface area contributed by atoms with Gasteiger partial charge in [0.25, 0.3) is 7.41 Å². The van der Waals surface area contributed by atoms with Crippen molar-refractivity contribution in [1.82, 2.24) is 9.79 Å². The van der Waals surface area contributed by atoms with Gasteiger partial charge < -0.3 is 19.4 Å². The average Bonchev–Trinajstić information content (AvgIpc) is 2.92. The smallest absolute Gasteiger partial charge is 0.355 e. The third-order valence-electron chi connectivity index (χ3n) is 3.37. The number of hydrogen-bond acceptors (Lipinski definition) is 7. The number of carboxylic acid groups (broad SMARTS) is 1. The standard InChI is InChI=1S/C14H20BN2O5S/c1-8(2)11(17(4)15-7-18)5-12(22-9(3)19)13-16-10(6-23-13)14(20)21/h6-8,11-12H,5H2,1-4H3,(H,20,21)/t11-,12+/m1/s1. The number of rotatable bonds is 9. The van der Waals surface area contributed by atoms with Crippen LogP contribution in [0.25, 0.3) is 0 Å². The Kier molecular flexibility index (Phi) is 7.37. The molecule has 0 saturated heterocycles. The molecule has 0 fully saturated rings. The number of aromatic carboxylic acids is 1. The predicted molar refractivity (Wildman–Crippen MR) is 87.1 cm³/mol. The van der Waals surface area contributed by atoms with Gasteiger partial charge in [-0.2, -0.15) is 0 Å². The Balaban J connectivity index is 3.01. The summed E-state index contributed by atoms with van der Waals surface area (Å²) in [6, 6.07) is -0.0678. The summed E-state index contributed by atoms with van der Waals surface area (Å²) in [5.74, 6) is -1.40. The lowest BCUT2D eigenvalue weighted by Crippen LogP contribution is -2.40. The zero-order valence-electron chi connectivity index (χ0n) is 13.6. The van der Waals surface area contributed by atoms with E-state index in [1.54, 1.807) is 11.9 Å². The van der Waals surface area contributed by atoms with E-state index in [2.05, 4.69) is 4.98 Å². The fourth-order valence-corrected chi connectivity index (χ4v) is 3.10. The minimum atomic E-state index is -1.12. The van der Waals surface area contributed by atoms with E-state index < -0.39 is 18.0 Å². The highest BCUT2D eigenvalue weighted by molar-refractivity contribution is 7.09. The van der Waals surface area contributed by atoms with Crippen molar-refractivity contribution in [2.75, 3.05) is 7.05 Å². The zero-order chi connectivity index (χ0) is 17.6. The molecule has 0 saturated carbocycles. The molecule has 0 aliphatic heterocycles. The number of ether oxygens (including phenoxy) is 1. The molecule has 1 aromatic rings. The summed E-state index contributed by atoms with van der Waals surface area (Å²) in [4.78, 5) is 38.8. The number of thiazole rings is 1. The van der Waals surface area contributed by atoms with Crippen LogP contribution in [-0.4, -0.2) is 53.5 Å². The van der Waals surface area contributed by atoms with Gasteiger partial charge in [-0.05, 0) is 13.0 Å². The lowest BCUT2D eigenvalue weighted by molar-refractivity contribution is -0.147. The largest absolute Gasteiger partial charge is 0.476 e. The number of carbonyl (C=O) groups is 3. The van der Waals surface area contributed by atoms with Crippen molar-refractivity contribution in [3.63, 3.8) is 0 Å². The first-order valence-corrected chi connectivity index (χ1v) is 8.00. The molecule has 0 spiro atoms. The number of carboxylic acids is 1. The van der Waals surface area contributed by atoms with Gasteiger partial charge in [0.2, 0.25) is 0 Å². The van der Waals surface area contributed by atoms with Gasteiger partial charge in [-0.1, -0.05) is 13.8 Å². The summed E-state index contributed by atoms with van der Waals surface area (Å²) in [6.07, 6.45) is 0.452. The van der Waals surface area contributed by atoms with E-state index >= 15 is 0 Å². The van der Waals surface area contributed by atoms with Crippen LogP contribution in [0, 0.1) is 5.92 Å². The van der Waals surface area contributed by atoms with Crippen LogP contribution in [0.2, 0.25) is 0 Å². The molecule has 2 atom stereocenters. The second-order valence-corrected chi connectivity index (χ2v) is 6.36. The fraction of sp³-hybridized carbons (Fsp3) is 0.571. The lowest BCUT2D eigenvalue weighted by Gasteiger charge is -2.32. The van der Waals surface area contributed by atoms with Gasteiger partial charge in [-0.15, -0.1) is 11.3 Å². The number of aromatic nitrogens is 1. The Morgan fingerprint density at radius 2 is 2.17 bits per heavy atom. The van der Waals surface area contributed by atoms with Crippen LogP contribution in [0.1, 0.15) is 48.8 Å². The Bertz CT molecular complexity index is 563. The molecule has 0 bridgehead atoms. The van der Waals surface area contributed by atoms with Gasteiger partial charge >= 0.3 is 11.9 Å². The molecule has 0 aliphatic carbocycles. The number of carbonyl (C=O) groups excluding carboxylic acids is 2. The summed E-state index contributed by atoms with van der Waals surface area (Å²) in [5.41, 5.74) is -0.0731. The van der Waals surface area contributed by atoms with Gasteiger partial charge in [0.1, 0.15) is 5.01 Å². The molecule has 1 N–H and O–H groups in total. The molecule has 1 rings (SSSR count). The quantitative estimate of drug-likeness (QED) is 0.415. The first kappa shape index (κ1) is 19.3. The molecule has 0 amide bonds. The van der Waals surface area contributed by atoms with Crippen molar-refractivity contribution in [2.24, 2.45) is 5.92 Å². The summed E-state index contributed by atoms with van der Waals surface area (Å²) in [6.45, 7) is 5.29. The highest BCUT2D eigenvalue weighted by Gasteiger charge is 2.28. The van der Waals surface area contributed by atoms with Gasteiger partial charge in [0.05, 0.1) is 6.19 Å². The Morgan fingerprint density at radius 1 is 1.52 bits per heavy atom. The molecule has 0 unspecified atom stereocenters. The molecule has 9 heteroatoms. The van der Waals surface area contributed by atoms with Crippen LogP contribution < -0.4 is 0 Å². The van der Waals surface area contributed by atoms with Crippen LogP contribution in [0.3, 0.4) is 0 Å². The van der Waals surface area contributed by atoms with E-state index in [1.807, 2.05) is 13.8 Å². The highest BCUT2D eigenvalue weighted by Crippen LogP contribution is 2.29. The van der Waals surface area contributed by atoms with Gasteiger partial charge in [0, 0.05) is 24.8 Å². The molecule has 1 heterocycles. The Labute approximate surface area is 139 Å². The van der Waals surface area contributed by atoms with E-state index in [-0.39, 0.29) is 17.7 Å². The van der Waals surface area contributed by atoms with E-state index in [9.17, 15) is 14.4 Å². The fourth-order valence-electron chi connectivity index (χ4n) is 2.27. The third-order valence-corrected chi connectivity index (χ3v) is 4.31. The van der Waals surface area contributed by atoms with E-state index in [0.717, 1.165) is 11.3 Å². The Morgan fingerprint density at radius 3 is 2.61 bits per heavy atom. The first-order valence-electron chi connectivity index (χ1n) is 7.12. The average molecular weight is 339 g/mol. The van der Waals surface area contributed by atoms with Gasteiger partial charge in [0.15, 0.2) is 11.8 Å². The van der Waals surface area contributed by atoms with Crippen LogP contribution in [-0.2, 0) is 14.3 Å². The lowest BCUT2D eigenvalue weighted by atomic mass is 9.86. The number of hydrogen-bond donors (Lipinski definition) is 1. The third kappa shape index (κ3) is 5.76. The summed E-state index contributed by atoms with van der Waals surface area (Å²) in [7, 11) is 3.19. The van der Waals surface area contributed by atoms with Crippen LogP contribution in [0.5, 0.6) is 0 Å². The summed E-state index contributed by atoms with van der Waals surface area (Å²) < 4.78 is 5.33. The molecule has 23 heavy (non-hydrogen) atoms. The second kappa shape index (κ2) is 8.78. The molecule has 0 aliphatic rings. The Hall–Kier alpha value is -1.74. The van der Waals surface area contributed by atoms with Crippen molar-refractivity contribution >= 4 is 36.9 Å². The van der Waals surface area contributed by atoms with Crippen molar-refractivity contribution in [1.29, 1.82) is 0 Å². The van der Waals surface area contributed by atoms with E-state index in [4.69, 9.17) is 9.84 Å². The number of nitrogens with zero attached hydrogens (tertiary/aromatic N) is 2. The van der Waals surface area contributed by atoms with Crippen LogP contribution in [0.4, 0.5) is 0 Å². The minimum absolute atomic E-state index is 0.0678. The van der Waals surface area contributed by atoms with Crippen molar-refractivity contribution < 1.29 is 24.2 Å². The topological polar surface area (TPSA) is 96.8 Å². The van der Waals surface area contributed by atoms with E-state index in [1.165, 1.54) is 19.7 Å². The monoisotopic (exact) mass is 339 g/mol. The zero-order valence-corrected chi connectivity index (χ0v) is 14.4. The maximum Gasteiger partial charge on any atom is 0.355 e. The maximum atomic E-state index is 11.4. The maximum absolute atomic E-state index is 11.4. The normalized spacial score (nSPS) is 13.7. The van der Waals surface area contributed by atoms with E-state index in [0.29, 0.717) is 17.6 Å². The van der Waals surface area contributed by atoms with Gasteiger partial charge in [-0.3, -0.25) is 4.79 Å². The minimum Gasteiger partial charge on any atom is -0.476 e. The predicted octanol–water partition coefficient (Wildman–Crippen LogP) is 1.60. The molecule has 1 aromatic heterocycles. The SMILES string of the molecule is CC(=O)O[C@@H](C[C@H](C(C)C)N(C)[B]C=O)c1nc(C(=O)O)cs1.